The van der Waals surface area contributed by atoms with Crippen molar-refractivity contribution in [1.82, 2.24) is 0 Å². The third-order valence-electron chi connectivity index (χ3n) is 2.33. The highest BCUT2D eigenvalue weighted by molar-refractivity contribution is 5.32. The van der Waals surface area contributed by atoms with Gasteiger partial charge in [-0.3, -0.25) is 0 Å². The van der Waals surface area contributed by atoms with Gasteiger partial charge in [0.25, 0.3) is 0 Å². The molecule has 4 N–H and O–H groups in total. The first-order chi connectivity index (χ1) is 7.20. The van der Waals surface area contributed by atoms with Crippen LogP contribution >= 0.6 is 0 Å². The van der Waals surface area contributed by atoms with E-state index in [1.54, 1.807) is 18.2 Å². The van der Waals surface area contributed by atoms with Gasteiger partial charge < -0.3 is 16.2 Å². The average molecular weight is 212 g/mol. The van der Waals surface area contributed by atoms with E-state index in [2.05, 4.69) is 0 Å². The number of halogens is 1. The summed E-state index contributed by atoms with van der Waals surface area (Å²) in [7, 11) is 1.44. The van der Waals surface area contributed by atoms with E-state index in [9.17, 15) is 4.39 Å². The van der Waals surface area contributed by atoms with Gasteiger partial charge in [-0.1, -0.05) is 12.1 Å². The van der Waals surface area contributed by atoms with Crippen molar-refractivity contribution >= 4 is 0 Å². The van der Waals surface area contributed by atoms with Gasteiger partial charge in [0.05, 0.1) is 7.11 Å². The summed E-state index contributed by atoms with van der Waals surface area (Å²) in [4.78, 5) is 0. The molecule has 0 bridgehead atoms. The van der Waals surface area contributed by atoms with Crippen molar-refractivity contribution in [2.75, 3.05) is 13.7 Å². The minimum atomic E-state index is -0.371. The Hall–Kier alpha value is -1.13. The zero-order valence-corrected chi connectivity index (χ0v) is 8.87. The van der Waals surface area contributed by atoms with E-state index in [4.69, 9.17) is 16.2 Å². The first kappa shape index (κ1) is 11.9. The fourth-order valence-corrected chi connectivity index (χ4v) is 1.47. The van der Waals surface area contributed by atoms with Crippen molar-refractivity contribution in [3.8, 4) is 5.75 Å². The van der Waals surface area contributed by atoms with E-state index >= 15 is 0 Å². The van der Waals surface area contributed by atoms with Gasteiger partial charge in [-0.15, -0.1) is 0 Å². The number of rotatable bonds is 5. The van der Waals surface area contributed by atoms with E-state index in [-0.39, 0.29) is 17.6 Å². The molecule has 0 amide bonds. The molecule has 3 nitrogen and oxygen atoms in total. The molecule has 0 aliphatic heterocycles. The second kappa shape index (κ2) is 5.68. The van der Waals surface area contributed by atoms with Crippen LogP contribution in [0.15, 0.2) is 18.2 Å². The van der Waals surface area contributed by atoms with Crippen LogP contribution in [0.3, 0.4) is 0 Å². The highest BCUT2D eigenvalue weighted by Gasteiger charge is 2.14. The van der Waals surface area contributed by atoms with Gasteiger partial charge in [-0.2, -0.15) is 0 Å². The van der Waals surface area contributed by atoms with Gasteiger partial charge in [0.2, 0.25) is 0 Å². The number of ether oxygens (including phenoxy) is 1. The normalized spacial score (nSPS) is 12.5. The molecule has 0 fully saturated rings. The Balaban J connectivity index is 2.83. The van der Waals surface area contributed by atoms with Gasteiger partial charge in [0, 0.05) is 11.6 Å². The largest absolute Gasteiger partial charge is 0.494 e. The SMILES string of the molecule is COc1cccc([C@@H](N)CCCN)c1F. The van der Waals surface area contributed by atoms with E-state index < -0.39 is 0 Å². The molecule has 0 spiro atoms. The minimum Gasteiger partial charge on any atom is -0.494 e. The van der Waals surface area contributed by atoms with E-state index in [1.165, 1.54) is 7.11 Å². The van der Waals surface area contributed by atoms with Gasteiger partial charge in [-0.25, -0.2) is 4.39 Å². The number of methoxy groups -OCH3 is 1. The number of nitrogens with two attached hydrogens (primary N) is 2. The van der Waals surface area contributed by atoms with E-state index in [0.717, 1.165) is 6.42 Å². The van der Waals surface area contributed by atoms with Gasteiger partial charge >= 0.3 is 0 Å². The molecule has 0 unspecified atom stereocenters. The molecule has 1 rings (SSSR count). The van der Waals surface area contributed by atoms with Gasteiger partial charge in [0.1, 0.15) is 0 Å². The molecular weight excluding hydrogens is 195 g/mol. The molecule has 4 heteroatoms. The van der Waals surface area contributed by atoms with Crippen LogP contribution in [0, 0.1) is 5.82 Å². The highest BCUT2D eigenvalue weighted by atomic mass is 19.1. The Morgan fingerprint density at radius 1 is 1.47 bits per heavy atom. The van der Waals surface area contributed by atoms with Crippen molar-refractivity contribution in [2.45, 2.75) is 18.9 Å². The summed E-state index contributed by atoms with van der Waals surface area (Å²) in [6.45, 7) is 0.569. The molecule has 0 radical (unpaired) electrons. The molecule has 84 valence electrons. The highest BCUT2D eigenvalue weighted by Crippen LogP contribution is 2.25. The molecule has 0 saturated heterocycles. The summed E-state index contributed by atoms with van der Waals surface area (Å²) < 4.78 is 18.6. The smallest absolute Gasteiger partial charge is 0.169 e. The van der Waals surface area contributed by atoms with Crippen molar-refractivity contribution in [2.24, 2.45) is 11.5 Å². The molecule has 1 aromatic carbocycles. The second-order valence-corrected chi connectivity index (χ2v) is 3.40. The van der Waals surface area contributed by atoms with Crippen LogP contribution in [0.1, 0.15) is 24.4 Å². The lowest BCUT2D eigenvalue weighted by atomic mass is 10.0. The van der Waals surface area contributed by atoms with Crippen LogP contribution in [0.2, 0.25) is 0 Å². The quantitative estimate of drug-likeness (QED) is 0.778. The predicted molar refractivity (Wildman–Crippen MR) is 58.2 cm³/mol. The van der Waals surface area contributed by atoms with Crippen molar-refractivity contribution < 1.29 is 9.13 Å². The summed E-state index contributed by atoms with van der Waals surface area (Å²) in [5.74, 6) is -0.139. The summed E-state index contributed by atoms with van der Waals surface area (Å²) >= 11 is 0. The Morgan fingerprint density at radius 3 is 2.80 bits per heavy atom. The zero-order valence-electron chi connectivity index (χ0n) is 8.87. The zero-order chi connectivity index (χ0) is 11.3. The summed E-state index contributed by atoms with van der Waals surface area (Å²) in [6, 6.07) is 4.68. The Labute approximate surface area is 89.2 Å². The Bertz CT molecular complexity index is 317. The molecule has 0 aromatic heterocycles. The van der Waals surface area contributed by atoms with Crippen LogP contribution < -0.4 is 16.2 Å². The van der Waals surface area contributed by atoms with Crippen LogP contribution in [-0.2, 0) is 0 Å². The molecular formula is C11H17FN2O. The Morgan fingerprint density at radius 2 is 2.20 bits per heavy atom. The van der Waals surface area contributed by atoms with Crippen molar-refractivity contribution in [3.05, 3.63) is 29.6 Å². The molecule has 0 heterocycles. The summed E-state index contributed by atoms with van der Waals surface area (Å²) in [6.07, 6.45) is 1.47. The first-order valence-electron chi connectivity index (χ1n) is 4.98. The topological polar surface area (TPSA) is 61.3 Å². The minimum absolute atomic E-state index is 0.232. The number of hydrogen-bond donors (Lipinski definition) is 2. The predicted octanol–water partition coefficient (Wildman–Crippen LogP) is 1.57. The maximum atomic E-state index is 13.7. The molecule has 1 atom stereocenters. The molecule has 0 aliphatic carbocycles. The fraction of sp³-hybridized carbons (Fsp3) is 0.455. The third-order valence-corrected chi connectivity index (χ3v) is 2.33. The van der Waals surface area contributed by atoms with Gasteiger partial charge in [0.15, 0.2) is 11.6 Å². The molecule has 1 aromatic rings. The van der Waals surface area contributed by atoms with E-state index in [0.29, 0.717) is 18.5 Å². The maximum Gasteiger partial charge on any atom is 0.169 e. The second-order valence-electron chi connectivity index (χ2n) is 3.40. The fourth-order valence-electron chi connectivity index (χ4n) is 1.47. The van der Waals surface area contributed by atoms with Crippen LogP contribution in [-0.4, -0.2) is 13.7 Å². The standard InChI is InChI=1S/C11H17FN2O/c1-15-10-6-2-4-8(11(10)12)9(14)5-3-7-13/h2,4,6,9H,3,5,7,13-14H2,1H3/t9-/m0/s1. The van der Waals surface area contributed by atoms with Crippen molar-refractivity contribution in [1.29, 1.82) is 0 Å². The Kier molecular flexibility index (Phi) is 4.52. The molecule has 0 saturated carbocycles. The van der Waals surface area contributed by atoms with E-state index in [1.807, 2.05) is 0 Å². The lowest BCUT2D eigenvalue weighted by Gasteiger charge is -2.13. The molecule has 0 aliphatic rings. The average Bonchev–Trinajstić information content (AvgIpc) is 2.26. The van der Waals surface area contributed by atoms with Crippen molar-refractivity contribution in [3.63, 3.8) is 0 Å². The van der Waals surface area contributed by atoms with Crippen LogP contribution in [0.4, 0.5) is 4.39 Å². The van der Waals surface area contributed by atoms with Crippen LogP contribution in [0.5, 0.6) is 5.75 Å². The first-order valence-corrected chi connectivity index (χ1v) is 4.98. The lowest BCUT2D eigenvalue weighted by molar-refractivity contribution is 0.381. The summed E-state index contributed by atoms with van der Waals surface area (Å²) in [5, 5.41) is 0. The third kappa shape index (κ3) is 2.91. The molecule has 15 heavy (non-hydrogen) atoms. The summed E-state index contributed by atoms with van der Waals surface area (Å²) in [5.41, 5.74) is 11.7. The number of benzene rings is 1. The number of hydrogen-bond acceptors (Lipinski definition) is 3. The lowest BCUT2D eigenvalue weighted by Crippen LogP contribution is -2.14. The van der Waals surface area contributed by atoms with Gasteiger partial charge in [-0.05, 0) is 25.5 Å². The van der Waals surface area contributed by atoms with Crippen LogP contribution in [0.25, 0.3) is 0 Å². The maximum absolute atomic E-state index is 13.7. The monoisotopic (exact) mass is 212 g/mol.